The van der Waals surface area contributed by atoms with Gasteiger partial charge in [-0.2, -0.15) is 0 Å². The number of β-lactam (4-membered cyclic amide) rings is 1. The highest BCUT2D eigenvalue weighted by atomic mass is 16.2. The molecule has 92 valence electrons. The van der Waals surface area contributed by atoms with E-state index in [-0.39, 0.29) is 11.9 Å². The topological polar surface area (TPSA) is 75.0 Å². The number of hydrogen-bond donors (Lipinski definition) is 2. The van der Waals surface area contributed by atoms with Gasteiger partial charge in [0.05, 0.1) is 24.3 Å². The Bertz CT molecular complexity index is 537. The number of aromatic nitrogens is 2. The molecule has 0 spiro atoms. The molecule has 0 aliphatic carbocycles. The van der Waals surface area contributed by atoms with E-state index in [1.807, 2.05) is 30.3 Å². The maximum atomic E-state index is 11.8. The molecule has 0 bridgehead atoms. The molecule has 1 amide bonds. The number of nitrogens with one attached hydrogen (secondary N) is 1. The van der Waals surface area contributed by atoms with Crippen molar-refractivity contribution in [3.8, 4) is 0 Å². The van der Waals surface area contributed by atoms with Crippen molar-refractivity contribution < 1.29 is 4.79 Å². The lowest BCUT2D eigenvalue weighted by molar-refractivity contribution is -0.151. The van der Waals surface area contributed by atoms with Crippen LogP contribution < -0.4 is 5.73 Å². The minimum absolute atomic E-state index is 0.0153. The van der Waals surface area contributed by atoms with E-state index in [0.717, 1.165) is 11.3 Å². The third-order valence-corrected chi connectivity index (χ3v) is 3.28. The Hall–Kier alpha value is -2.14. The van der Waals surface area contributed by atoms with E-state index in [2.05, 4.69) is 9.97 Å². The zero-order chi connectivity index (χ0) is 12.5. The molecule has 1 saturated heterocycles. The van der Waals surface area contributed by atoms with E-state index in [4.69, 9.17) is 5.73 Å². The minimum atomic E-state index is -0.464. The third-order valence-electron chi connectivity index (χ3n) is 3.28. The van der Waals surface area contributed by atoms with E-state index < -0.39 is 6.04 Å². The van der Waals surface area contributed by atoms with E-state index in [1.165, 1.54) is 0 Å². The van der Waals surface area contributed by atoms with Crippen LogP contribution in [-0.2, 0) is 11.3 Å². The van der Waals surface area contributed by atoms with Gasteiger partial charge in [-0.1, -0.05) is 30.3 Å². The molecule has 3 rings (SSSR count). The van der Waals surface area contributed by atoms with Crippen molar-refractivity contribution in [3.05, 3.63) is 54.1 Å². The average Bonchev–Trinajstić information content (AvgIpc) is 2.92. The van der Waals surface area contributed by atoms with Crippen LogP contribution in [0.15, 0.2) is 42.9 Å². The lowest BCUT2D eigenvalue weighted by atomic mass is 9.92. The number of aromatic amines is 1. The molecule has 5 heteroatoms. The maximum absolute atomic E-state index is 11.8. The minimum Gasteiger partial charge on any atom is -0.347 e. The van der Waals surface area contributed by atoms with Crippen LogP contribution in [0.1, 0.15) is 17.3 Å². The van der Waals surface area contributed by atoms with Gasteiger partial charge in [-0.15, -0.1) is 0 Å². The Morgan fingerprint density at radius 2 is 2.11 bits per heavy atom. The second-order valence-electron chi connectivity index (χ2n) is 4.43. The molecule has 1 aromatic carbocycles. The molecule has 0 radical (unpaired) electrons. The van der Waals surface area contributed by atoms with E-state index in [0.29, 0.717) is 6.54 Å². The highest BCUT2D eigenvalue weighted by Gasteiger charge is 2.46. The van der Waals surface area contributed by atoms with Crippen molar-refractivity contribution in [2.24, 2.45) is 5.73 Å². The molecule has 0 saturated carbocycles. The summed E-state index contributed by atoms with van der Waals surface area (Å²) >= 11 is 0. The first kappa shape index (κ1) is 11.0. The molecule has 1 aromatic heterocycles. The van der Waals surface area contributed by atoms with Crippen LogP contribution in [0.3, 0.4) is 0 Å². The van der Waals surface area contributed by atoms with Gasteiger partial charge in [0, 0.05) is 6.54 Å². The van der Waals surface area contributed by atoms with Gasteiger partial charge in [-0.25, -0.2) is 4.98 Å². The molecule has 2 aromatic rings. The number of rotatable bonds is 3. The summed E-state index contributed by atoms with van der Waals surface area (Å²) in [5.41, 5.74) is 7.85. The van der Waals surface area contributed by atoms with Gasteiger partial charge < -0.3 is 15.6 Å². The van der Waals surface area contributed by atoms with Crippen LogP contribution in [0, 0.1) is 0 Å². The van der Waals surface area contributed by atoms with Crippen LogP contribution in [0.5, 0.6) is 0 Å². The number of hydrogen-bond acceptors (Lipinski definition) is 3. The van der Waals surface area contributed by atoms with Crippen LogP contribution in [-0.4, -0.2) is 26.8 Å². The average molecular weight is 242 g/mol. The molecule has 3 N–H and O–H groups in total. The largest absolute Gasteiger partial charge is 0.347 e. The first-order valence-corrected chi connectivity index (χ1v) is 5.85. The fourth-order valence-corrected chi connectivity index (χ4v) is 2.32. The van der Waals surface area contributed by atoms with Gasteiger partial charge in [0.1, 0.15) is 6.04 Å². The zero-order valence-electron chi connectivity index (χ0n) is 9.78. The Labute approximate surface area is 105 Å². The molecule has 2 atom stereocenters. The zero-order valence-corrected chi connectivity index (χ0v) is 9.78. The van der Waals surface area contributed by atoms with Crippen LogP contribution in [0.25, 0.3) is 0 Å². The van der Waals surface area contributed by atoms with Crippen molar-refractivity contribution in [1.29, 1.82) is 0 Å². The lowest BCUT2D eigenvalue weighted by Crippen LogP contribution is -2.62. The SMILES string of the molecule is NC1C(=O)N(Cc2ccccc2)C1c1cnc[nH]1. The predicted octanol–water partition coefficient (Wildman–Crippen LogP) is 0.820. The number of carbonyl (C=O) groups excluding carboxylic acids is 1. The van der Waals surface area contributed by atoms with Crippen LogP contribution in [0.2, 0.25) is 0 Å². The summed E-state index contributed by atoms with van der Waals surface area (Å²) in [5.74, 6) is -0.0153. The number of H-pyrrole nitrogens is 1. The van der Waals surface area contributed by atoms with E-state index >= 15 is 0 Å². The number of carbonyl (C=O) groups is 1. The van der Waals surface area contributed by atoms with Gasteiger partial charge in [0.25, 0.3) is 0 Å². The molecular weight excluding hydrogens is 228 g/mol. The Morgan fingerprint density at radius 3 is 2.78 bits per heavy atom. The monoisotopic (exact) mass is 242 g/mol. The summed E-state index contributed by atoms with van der Waals surface area (Å²) in [6.07, 6.45) is 3.32. The summed E-state index contributed by atoms with van der Waals surface area (Å²) in [4.78, 5) is 20.6. The molecule has 2 heterocycles. The summed E-state index contributed by atoms with van der Waals surface area (Å²) in [7, 11) is 0. The molecule has 5 nitrogen and oxygen atoms in total. The second kappa shape index (κ2) is 4.27. The van der Waals surface area contributed by atoms with E-state index in [1.54, 1.807) is 17.4 Å². The molecule has 1 aliphatic rings. The first-order chi connectivity index (χ1) is 8.77. The van der Waals surface area contributed by atoms with Gasteiger partial charge >= 0.3 is 0 Å². The summed E-state index contributed by atoms with van der Waals surface area (Å²) in [6, 6.07) is 9.33. The van der Waals surface area contributed by atoms with Crippen molar-refractivity contribution in [3.63, 3.8) is 0 Å². The Kier molecular flexibility index (Phi) is 2.60. The molecule has 1 fully saturated rings. The molecule has 2 unspecified atom stereocenters. The molecule has 1 aliphatic heterocycles. The standard InChI is InChI=1S/C13H14N4O/c14-11-12(10-6-15-8-16-10)17(13(11)18)7-9-4-2-1-3-5-9/h1-6,8,11-12H,7,14H2,(H,15,16). The van der Waals surface area contributed by atoms with E-state index in [9.17, 15) is 4.79 Å². The Morgan fingerprint density at radius 1 is 1.33 bits per heavy atom. The molecular formula is C13H14N4O. The summed E-state index contributed by atoms with van der Waals surface area (Å²) in [6.45, 7) is 0.580. The highest BCUT2D eigenvalue weighted by molar-refractivity contribution is 5.89. The lowest BCUT2D eigenvalue weighted by Gasteiger charge is -2.44. The summed E-state index contributed by atoms with van der Waals surface area (Å²) in [5, 5.41) is 0. The van der Waals surface area contributed by atoms with Crippen LogP contribution in [0.4, 0.5) is 0 Å². The smallest absolute Gasteiger partial charge is 0.242 e. The van der Waals surface area contributed by atoms with Crippen molar-refractivity contribution in [2.75, 3.05) is 0 Å². The normalized spacial score (nSPS) is 22.9. The van der Waals surface area contributed by atoms with Crippen molar-refractivity contribution in [1.82, 2.24) is 14.9 Å². The second-order valence-corrected chi connectivity index (χ2v) is 4.43. The quantitative estimate of drug-likeness (QED) is 0.782. The Balaban J connectivity index is 1.81. The van der Waals surface area contributed by atoms with Gasteiger partial charge in [0.2, 0.25) is 5.91 Å². The third kappa shape index (κ3) is 1.69. The fourth-order valence-electron chi connectivity index (χ4n) is 2.32. The van der Waals surface area contributed by atoms with Gasteiger partial charge in [-0.3, -0.25) is 4.79 Å². The number of amides is 1. The number of nitrogens with two attached hydrogens (primary N) is 1. The predicted molar refractivity (Wildman–Crippen MR) is 66.3 cm³/mol. The number of imidazole rings is 1. The van der Waals surface area contributed by atoms with Gasteiger partial charge in [-0.05, 0) is 5.56 Å². The van der Waals surface area contributed by atoms with Crippen molar-refractivity contribution in [2.45, 2.75) is 18.6 Å². The number of nitrogens with zero attached hydrogens (tertiary/aromatic N) is 2. The maximum Gasteiger partial charge on any atom is 0.242 e. The first-order valence-electron chi connectivity index (χ1n) is 5.85. The highest BCUT2D eigenvalue weighted by Crippen LogP contribution is 2.33. The number of benzene rings is 1. The summed E-state index contributed by atoms with van der Waals surface area (Å²) < 4.78 is 0. The van der Waals surface area contributed by atoms with Crippen LogP contribution >= 0.6 is 0 Å². The fraction of sp³-hybridized carbons (Fsp3) is 0.231. The van der Waals surface area contributed by atoms with Gasteiger partial charge in [0.15, 0.2) is 0 Å². The molecule has 18 heavy (non-hydrogen) atoms. The number of likely N-dealkylation sites (tertiary alicyclic amines) is 1. The van der Waals surface area contributed by atoms with Crippen molar-refractivity contribution >= 4 is 5.91 Å².